The van der Waals surface area contributed by atoms with Crippen molar-refractivity contribution in [2.75, 3.05) is 11.5 Å². The molecule has 0 radical (unpaired) electrons. The zero-order valence-electron chi connectivity index (χ0n) is 14.6. The van der Waals surface area contributed by atoms with Crippen molar-refractivity contribution in [2.24, 2.45) is 0 Å². The molecule has 13 heteroatoms. The molecule has 1 aliphatic rings. The van der Waals surface area contributed by atoms with Crippen molar-refractivity contribution in [1.29, 1.82) is 0 Å². The van der Waals surface area contributed by atoms with Gasteiger partial charge in [0, 0.05) is 21.7 Å². The number of sulfonamides is 1. The Hall–Kier alpha value is -1.83. The Labute approximate surface area is 167 Å². The first-order valence-electron chi connectivity index (χ1n) is 8.15. The molecule has 0 bridgehead atoms. The molecule has 1 N–H and O–H groups in total. The van der Waals surface area contributed by atoms with Crippen LogP contribution in [-0.4, -0.2) is 39.6 Å². The number of fused-ring (bicyclic) bond motifs is 1. The van der Waals surface area contributed by atoms with E-state index < -0.39 is 25.8 Å². The highest BCUT2D eigenvalue weighted by molar-refractivity contribution is 8.03. The molecule has 29 heavy (non-hydrogen) atoms. The van der Waals surface area contributed by atoms with Crippen molar-refractivity contribution in [3.63, 3.8) is 0 Å². The second-order valence-corrected chi connectivity index (χ2v) is 11.6. The van der Waals surface area contributed by atoms with Crippen molar-refractivity contribution in [2.45, 2.75) is 23.2 Å². The number of rotatable bonds is 5. The molecule has 1 saturated heterocycles. The normalized spacial score (nSPS) is 16.9. The van der Waals surface area contributed by atoms with E-state index in [0.717, 1.165) is 4.90 Å². The molecule has 1 fully saturated rings. The Morgan fingerprint density at radius 2 is 1.52 bits per heavy atom. The van der Waals surface area contributed by atoms with Gasteiger partial charge in [-0.15, -0.1) is 0 Å². The van der Waals surface area contributed by atoms with Gasteiger partial charge in [-0.3, -0.25) is 4.79 Å². The molecule has 1 aliphatic heterocycles. The first-order valence-corrected chi connectivity index (χ1v) is 12.6. The van der Waals surface area contributed by atoms with E-state index in [1.165, 1.54) is 12.1 Å². The molecule has 158 valence electrons. The number of halogens is 3. The fraction of sp³-hybridized carbons (Fsp3) is 0.312. The smallest absolute Gasteiger partial charge is 0.370 e. The third-order valence-corrected chi connectivity index (χ3v) is 9.20. The Kier molecular flexibility index (Phi) is 5.87. The molecule has 0 saturated carbocycles. The van der Waals surface area contributed by atoms with Crippen LogP contribution < -0.4 is 8.31 Å². The molecule has 0 spiro atoms. The van der Waals surface area contributed by atoms with Crippen LogP contribution in [0.4, 0.5) is 13.2 Å². The van der Waals surface area contributed by atoms with Crippen LogP contribution in [0, 0.1) is 0 Å². The molecule has 0 atom stereocenters. The van der Waals surface area contributed by atoms with E-state index in [1.54, 1.807) is 24.3 Å². The van der Waals surface area contributed by atoms with E-state index in [-0.39, 0.29) is 22.4 Å². The lowest BCUT2D eigenvalue weighted by Gasteiger charge is -2.16. The maximum absolute atomic E-state index is 12.4. The van der Waals surface area contributed by atoms with Gasteiger partial charge in [-0.05, 0) is 18.2 Å². The van der Waals surface area contributed by atoms with Gasteiger partial charge in [-0.1, -0.05) is 22.3 Å². The van der Waals surface area contributed by atoms with Crippen molar-refractivity contribution < 1.29 is 39.0 Å². The van der Waals surface area contributed by atoms with Crippen LogP contribution in [0.15, 0.2) is 41.3 Å². The fourth-order valence-corrected chi connectivity index (χ4v) is 7.12. The molecule has 0 aliphatic carbocycles. The molecule has 0 amide bonds. The first kappa shape index (κ1) is 21.9. The maximum Gasteiger partial charge on any atom is 0.512 e. The maximum atomic E-state index is 12.4. The van der Waals surface area contributed by atoms with Crippen LogP contribution in [-0.2, 0) is 36.0 Å². The van der Waals surface area contributed by atoms with Crippen LogP contribution in [0.25, 0.3) is 10.8 Å². The molecule has 3 rings (SSSR count). The molecule has 0 unspecified atom stereocenters. The first-order chi connectivity index (χ1) is 13.4. The Morgan fingerprint density at radius 3 is 2.10 bits per heavy atom. The van der Waals surface area contributed by atoms with E-state index in [4.69, 9.17) is 0 Å². The van der Waals surface area contributed by atoms with Crippen molar-refractivity contribution >= 4 is 47.8 Å². The van der Waals surface area contributed by atoms with Gasteiger partial charge in [0.1, 0.15) is 17.3 Å². The number of carbonyl (C=O) groups is 1. The van der Waals surface area contributed by atoms with Crippen LogP contribution in [0.1, 0.15) is 12.8 Å². The summed E-state index contributed by atoms with van der Waals surface area (Å²) in [6, 6.07) is 9.35. The highest BCUT2D eigenvalue weighted by Crippen LogP contribution is 2.34. The summed E-state index contributed by atoms with van der Waals surface area (Å²) < 4.78 is 88.4. The van der Waals surface area contributed by atoms with Crippen LogP contribution in [0.5, 0.6) is 5.75 Å². The molecular formula is C16H15F3NO6S3+. The second-order valence-electron chi connectivity index (χ2n) is 6.12. The Morgan fingerprint density at radius 1 is 0.931 bits per heavy atom. The van der Waals surface area contributed by atoms with Crippen LogP contribution in [0.3, 0.4) is 0 Å². The van der Waals surface area contributed by atoms with E-state index in [0.29, 0.717) is 39.2 Å². The summed E-state index contributed by atoms with van der Waals surface area (Å²) >= 11 is 0. The number of nitrogens with one attached hydrogen (secondary N) is 1. The lowest BCUT2D eigenvalue weighted by atomic mass is 10.1. The van der Waals surface area contributed by atoms with Crippen LogP contribution in [0.2, 0.25) is 0 Å². The zero-order chi connectivity index (χ0) is 21.4. The summed E-state index contributed by atoms with van der Waals surface area (Å²) in [7, 11) is -11.7. The topological polar surface area (TPSA) is 107 Å². The minimum absolute atomic E-state index is 0.182. The second kappa shape index (κ2) is 7.78. The Bertz CT molecular complexity index is 1150. The average molecular weight is 470 g/mol. The van der Waals surface area contributed by atoms with Gasteiger partial charge in [-0.2, -0.15) is 21.6 Å². The summed E-state index contributed by atoms with van der Waals surface area (Å²) in [6.07, 6.45) is 0.895. The van der Waals surface area contributed by atoms with Gasteiger partial charge < -0.3 is 4.18 Å². The fourth-order valence-electron chi connectivity index (χ4n) is 2.81. The third kappa shape index (κ3) is 4.85. The third-order valence-electron chi connectivity index (χ3n) is 4.13. The van der Waals surface area contributed by atoms with Gasteiger partial charge in [0.25, 0.3) is 0 Å². The predicted octanol–water partition coefficient (Wildman–Crippen LogP) is 2.24. The quantitative estimate of drug-likeness (QED) is 0.672. The van der Waals surface area contributed by atoms with Crippen molar-refractivity contribution in [3.05, 3.63) is 36.4 Å². The lowest BCUT2D eigenvalue weighted by Crippen LogP contribution is -2.42. The zero-order valence-corrected chi connectivity index (χ0v) is 17.1. The van der Waals surface area contributed by atoms with Gasteiger partial charge in [0.2, 0.25) is 0 Å². The van der Waals surface area contributed by atoms with E-state index in [2.05, 4.69) is 4.18 Å². The largest absolute Gasteiger partial charge is 0.512 e. The van der Waals surface area contributed by atoms with Gasteiger partial charge in [0.05, 0.1) is 12.8 Å². The molecule has 1 heterocycles. The molecular weight excluding hydrogens is 455 g/mol. The molecule has 7 nitrogen and oxygen atoms in total. The molecule has 2 aromatic rings. The SMILES string of the molecule is O=C1CC[S+](c2ccc(OS(=O)(=O)NS(=O)(=O)C(F)(F)F)c3ccccc23)CC1. The predicted molar refractivity (Wildman–Crippen MR) is 101 cm³/mol. The summed E-state index contributed by atoms with van der Waals surface area (Å²) in [5.41, 5.74) is -5.81. The van der Waals surface area contributed by atoms with E-state index in [9.17, 15) is 34.8 Å². The minimum atomic E-state index is -6.15. The monoisotopic (exact) mass is 470 g/mol. The number of carbonyl (C=O) groups excluding carboxylic acids is 1. The van der Waals surface area contributed by atoms with Gasteiger partial charge >= 0.3 is 25.8 Å². The summed E-state index contributed by atoms with van der Waals surface area (Å²) in [4.78, 5) is 12.4. The number of hydrogen-bond donors (Lipinski definition) is 1. The van der Waals surface area contributed by atoms with Crippen LogP contribution >= 0.6 is 0 Å². The minimum Gasteiger partial charge on any atom is -0.370 e. The number of alkyl halides is 3. The number of ketones is 1. The number of Topliss-reactive ketones (excluding diaryl/α,β-unsaturated/α-hetero) is 1. The molecule has 0 aromatic heterocycles. The number of hydrogen-bond acceptors (Lipinski definition) is 6. The van der Waals surface area contributed by atoms with Gasteiger partial charge in [-0.25, -0.2) is 8.42 Å². The summed E-state index contributed by atoms with van der Waals surface area (Å²) in [6.45, 7) is 0. The summed E-state index contributed by atoms with van der Waals surface area (Å²) in [5.74, 6) is 1.19. The van der Waals surface area contributed by atoms with E-state index in [1.807, 2.05) is 0 Å². The van der Waals surface area contributed by atoms with Crippen molar-refractivity contribution in [1.82, 2.24) is 4.13 Å². The number of benzene rings is 2. The highest BCUT2D eigenvalue weighted by Gasteiger charge is 2.49. The van der Waals surface area contributed by atoms with E-state index >= 15 is 0 Å². The highest BCUT2D eigenvalue weighted by atomic mass is 32.3. The molecule has 2 aromatic carbocycles. The Balaban J connectivity index is 1.95. The van der Waals surface area contributed by atoms with Crippen molar-refractivity contribution in [3.8, 4) is 5.75 Å². The standard InChI is InChI=1S/C16H15F3NO6S3/c17-16(18,19)28(22,23)20-29(24,25)26-14-5-6-15(13-4-2-1-3-12(13)14)27-9-7-11(21)8-10-27/h1-6,20H,7-10H2/q+1. The average Bonchev–Trinajstić information content (AvgIpc) is 2.61. The van der Waals surface area contributed by atoms with Gasteiger partial charge in [0.15, 0.2) is 10.6 Å². The summed E-state index contributed by atoms with van der Waals surface area (Å²) in [5, 5.41) is 0.917. The lowest BCUT2D eigenvalue weighted by molar-refractivity contribution is -0.118.